The normalized spacial score (nSPS) is 15.4. The Morgan fingerprint density at radius 3 is 2.13 bits per heavy atom. The van der Waals surface area contributed by atoms with Crippen LogP contribution in [-0.2, 0) is 24.2 Å². The molecule has 0 bridgehead atoms. The van der Waals surface area contributed by atoms with Crippen LogP contribution in [0.15, 0.2) is 11.5 Å². The van der Waals surface area contributed by atoms with Gasteiger partial charge in [0.15, 0.2) is 9.84 Å². The van der Waals surface area contributed by atoms with Gasteiger partial charge in [0.25, 0.3) is 0 Å². The Balaban J connectivity index is 4.96. The molecular formula is C20H38N4O6S. The average molecular weight is 463 g/mol. The Labute approximate surface area is 185 Å². The molecule has 0 radical (unpaired) electrons. The van der Waals surface area contributed by atoms with Crippen LogP contribution in [0.3, 0.4) is 0 Å². The molecule has 0 heterocycles. The van der Waals surface area contributed by atoms with Crippen molar-refractivity contribution in [2.24, 2.45) is 17.1 Å². The van der Waals surface area contributed by atoms with Crippen LogP contribution in [0.2, 0.25) is 0 Å². The average Bonchev–Trinajstić information content (AvgIpc) is 2.60. The van der Waals surface area contributed by atoms with Crippen molar-refractivity contribution in [3.05, 3.63) is 11.5 Å². The SMILES string of the molecule is CC(C)C[C@@H](/C=C/S(C)(=O)=O)NC(=O)[C@H](CO)NC(=O)[C@@H](N)CC(=O)NCC(C)(C)C. The third kappa shape index (κ3) is 14.6. The largest absolute Gasteiger partial charge is 0.394 e. The summed E-state index contributed by atoms with van der Waals surface area (Å²) >= 11 is 0. The minimum absolute atomic E-state index is 0.125. The lowest BCUT2D eigenvalue weighted by molar-refractivity contribution is -0.132. The van der Waals surface area contributed by atoms with E-state index in [1.807, 2.05) is 34.6 Å². The lowest BCUT2D eigenvalue weighted by atomic mass is 9.97. The van der Waals surface area contributed by atoms with Crippen LogP contribution in [0.25, 0.3) is 0 Å². The van der Waals surface area contributed by atoms with Crippen molar-refractivity contribution in [1.82, 2.24) is 16.0 Å². The summed E-state index contributed by atoms with van der Waals surface area (Å²) in [5.41, 5.74) is 5.63. The van der Waals surface area contributed by atoms with Gasteiger partial charge in [-0.1, -0.05) is 40.7 Å². The number of hydrogen-bond acceptors (Lipinski definition) is 7. The summed E-state index contributed by atoms with van der Waals surface area (Å²) in [6.07, 6.45) is 2.58. The molecule has 31 heavy (non-hydrogen) atoms. The molecule has 0 rings (SSSR count). The number of carbonyl (C=O) groups excluding carboxylic acids is 3. The molecule has 0 fully saturated rings. The molecule has 180 valence electrons. The second kappa shape index (κ2) is 12.8. The number of hydrogen-bond donors (Lipinski definition) is 5. The minimum atomic E-state index is -3.38. The van der Waals surface area contributed by atoms with Gasteiger partial charge in [-0.15, -0.1) is 0 Å². The summed E-state index contributed by atoms with van der Waals surface area (Å²) in [5.74, 6) is -1.70. The molecular weight excluding hydrogens is 424 g/mol. The third-order valence-electron chi connectivity index (χ3n) is 3.98. The van der Waals surface area contributed by atoms with E-state index in [-0.39, 0.29) is 17.8 Å². The van der Waals surface area contributed by atoms with Crippen LogP contribution in [0, 0.1) is 11.3 Å². The van der Waals surface area contributed by atoms with Crippen LogP contribution in [0.1, 0.15) is 47.5 Å². The molecule has 0 spiro atoms. The topological polar surface area (TPSA) is 168 Å². The number of aliphatic hydroxyl groups excluding tert-OH is 1. The molecule has 0 saturated carbocycles. The fourth-order valence-electron chi connectivity index (χ4n) is 2.42. The van der Waals surface area contributed by atoms with Crippen LogP contribution < -0.4 is 21.7 Å². The molecule has 0 aliphatic rings. The maximum Gasteiger partial charge on any atom is 0.245 e. The lowest BCUT2D eigenvalue weighted by Gasteiger charge is -2.23. The van der Waals surface area contributed by atoms with Crippen molar-refractivity contribution < 1.29 is 27.9 Å². The van der Waals surface area contributed by atoms with E-state index in [4.69, 9.17) is 5.73 Å². The zero-order chi connectivity index (χ0) is 24.4. The minimum Gasteiger partial charge on any atom is -0.394 e. The fourth-order valence-corrected chi connectivity index (χ4v) is 2.89. The van der Waals surface area contributed by atoms with Crippen molar-refractivity contribution >= 4 is 27.6 Å². The first-order chi connectivity index (χ1) is 14.0. The molecule has 0 aromatic carbocycles. The van der Waals surface area contributed by atoms with Crippen molar-refractivity contribution in [3.63, 3.8) is 0 Å². The van der Waals surface area contributed by atoms with Gasteiger partial charge in [-0.25, -0.2) is 8.42 Å². The number of carbonyl (C=O) groups is 3. The standard InChI is InChI=1S/C20H38N4O6S/c1-13(2)9-14(7-8-31(6,29)30)23-19(28)16(11-25)24-18(27)15(21)10-17(26)22-12-20(3,4)5/h7-8,13-16,25H,9-12,21H2,1-6H3,(H,22,26)(H,23,28)(H,24,27)/b8-7+/t14-,15+,16+/m1/s1. The summed E-state index contributed by atoms with van der Waals surface area (Å²) in [6.45, 7) is 9.38. The van der Waals surface area contributed by atoms with Crippen LogP contribution in [0.4, 0.5) is 0 Å². The number of rotatable bonds is 12. The summed E-state index contributed by atoms with van der Waals surface area (Å²) in [7, 11) is -3.38. The summed E-state index contributed by atoms with van der Waals surface area (Å²) in [6, 6.07) is -3.10. The number of nitrogens with two attached hydrogens (primary N) is 1. The Morgan fingerprint density at radius 1 is 1.10 bits per heavy atom. The zero-order valence-electron chi connectivity index (χ0n) is 19.3. The van der Waals surface area contributed by atoms with Gasteiger partial charge >= 0.3 is 0 Å². The Morgan fingerprint density at radius 2 is 1.68 bits per heavy atom. The second-order valence-electron chi connectivity index (χ2n) is 9.29. The number of aliphatic hydroxyl groups is 1. The maximum absolute atomic E-state index is 12.5. The highest BCUT2D eigenvalue weighted by atomic mass is 32.2. The molecule has 6 N–H and O–H groups in total. The molecule has 0 aliphatic heterocycles. The van der Waals surface area contributed by atoms with Gasteiger partial charge in [-0.05, 0) is 17.8 Å². The maximum atomic E-state index is 12.5. The fraction of sp³-hybridized carbons (Fsp3) is 0.750. The molecule has 10 nitrogen and oxygen atoms in total. The molecule has 0 saturated heterocycles. The first-order valence-electron chi connectivity index (χ1n) is 10.2. The van der Waals surface area contributed by atoms with E-state index >= 15 is 0 Å². The lowest BCUT2D eigenvalue weighted by Crippen LogP contribution is -2.55. The van der Waals surface area contributed by atoms with Crippen molar-refractivity contribution in [2.75, 3.05) is 19.4 Å². The van der Waals surface area contributed by atoms with Gasteiger partial charge < -0.3 is 26.8 Å². The van der Waals surface area contributed by atoms with E-state index in [2.05, 4.69) is 16.0 Å². The van der Waals surface area contributed by atoms with Gasteiger partial charge in [0.1, 0.15) is 6.04 Å². The smallest absolute Gasteiger partial charge is 0.245 e. The molecule has 11 heteroatoms. The predicted molar refractivity (Wildman–Crippen MR) is 119 cm³/mol. The van der Waals surface area contributed by atoms with E-state index in [9.17, 15) is 27.9 Å². The van der Waals surface area contributed by atoms with Gasteiger partial charge in [0.2, 0.25) is 17.7 Å². The van der Waals surface area contributed by atoms with Crippen LogP contribution in [-0.4, -0.2) is 68.8 Å². The molecule has 0 unspecified atom stereocenters. The number of nitrogens with one attached hydrogen (secondary N) is 3. The van der Waals surface area contributed by atoms with E-state index < -0.39 is 52.3 Å². The summed E-state index contributed by atoms with van der Waals surface area (Å²) in [4.78, 5) is 36.7. The van der Waals surface area contributed by atoms with E-state index in [0.717, 1.165) is 11.7 Å². The summed E-state index contributed by atoms with van der Waals surface area (Å²) < 4.78 is 22.7. The quantitative estimate of drug-likeness (QED) is 0.259. The Hall–Kier alpha value is -1.98. The summed E-state index contributed by atoms with van der Waals surface area (Å²) in [5, 5.41) is 18.1. The third-order valence-corrected chi connectivity index (χ3v) is 4.64. The highest BCUT2D eigenvalue weighted by molar-refractivity contribution is 7.93. The van der Waals surface area contributed by atoms with Crippen molar-refractivity contribution in [2.45, 2.75) is 65.6 Å². The van der Waals surface area contributed by atoms with E-state index in [1.165, 1.54) is 6.08 Å². The molecule has 0 aromatic rings. The second-order valence-corrected chi connectivity index (χ2v) is 11.2. The van der Waals surface area contributed by atoms with Gasteiger partial charge in [-0.2, -0.15) is 0 Å². The van der Waals surface area contributed by atoms with E-state index in [0.29, 0.717) is 13.0 Å². The molecule has 3 atom stereocenters. The molecule has 0 aliphatic carbocycles. The number of amides is 3. The zero-order valence-corrected chi connectivity index (χ0v) is 20.1. The van der Waals surface area contributed by atoms with Crippen molar-refractivity contribution in [3.8, 4) is 0 Å². The number of sulfone groups is 1. The van der Waals surface area contributed by atoms with Crippen LogP contribution >= 0.6 is 0 Å². The molecule has 0 aromatic heterocycles. The van der Waals surface area contributed by atoms with E-state index in [1.54, 1.807) is 0 Å². The monoisotopic (exact) mass is 462 g/mol. The Bertz CT molecular complexity index is 743. The molecule has 3 amide bonds. The highest BCUT2D eigenvalue weighted by Crippen LogP contribution is 2.10. The predicted octanol–water partition coefficient (Wildman–Crippen LogP) is -0.568. The Kier molecular flexibility index (Phi) is 12.0. The van der Waals surface area contributed by atoms with Crippen molar-refractivity contribution in [1.29, 1.82) is 0 Å². The first-order valence-corrected chi connectivity index (χ1v) is 12.1. The highest BCUT2D eigenvalue weighted by Gasteiger charge is 2.26. The van der Waals surface area contributed by atoms with Gasteiger partial charge in [0.05, 0.1) is 19.1 Å². The van der Waals surface area contributed by atoms with Gasteiger partial charge in [-0.3, -0.25) is 14.4 Å². The first kappa shape index (κ1) is 29.0. The van der Waals surface area contributed by atoms with Gasteiger partial charge in [0, 0.05) is 24.3 Å². The van der Waals surface area contributed by atoms with Crippen LogP contribution in [0.5, 0.6) is 0 Å².